The van der Waals surface area contributed by atoms with Crippen LogP contribution in [0, 0.1) is 5.82 Å². The third-order valence-corrected chi connectivity index (χ3v) is 6.31. The van der Waals surface area contributed by atoms with Crippen molar-refractivity contribution >= 4 is 5.91 Å². The number of amides is 1. The lowest BCUT2D eigenvalue weighted by Gasteiger charge is -2.32. The van der Waals surface area contributed by atoms with Crippen molar-refractivity contribution in [2.75, 3.05) is 33.2 Å². The molecule has 7 heteroatoms. The van der Waals surface area contributed by atoms with Gasteiger partial charge < -0.3 is 15.1 Å². The predicted octanol–water partition coefficient (Wildman–Crippen LogP) is 2.47. The van der Waals surface area contributed by atoms with E-state index in [2.05, 4.69) is 24.2 Å². The van der Waals surface area contributed by atoms with Crippen LogP contribution in [0.25, 0.3) is 0 Å². The predicted molar refractivity (Wildman–Crippen MR) is 115 cm³/mol. The molecule has 1 saturated heterocycles. The monoisotopic (exact) mass is 413 g/mol. The molecule has 2 heterocycles. The summed E-state index contributed by atoms with van der Waals surface area (Å²) < 4.78 is 16.0. The van der Waals surface area contributed by atoms with E-state index in [4.69, 9.17) is 5.10 Å². The molecular formula is C23H32FN5O. The van der Waals surface area contributed by atoms with Gasteiger partial charge in [0.15, 0.2) is 5.69 Å². The van der Waals surface area contributed by atoms with Crippen LogP contribution >= 0.6 is 0 Å². The number of nitrogens with one attached hydrogen (secondary N) is 1. The van der Waals surface area contributed by atoms with E-state index in [-0.39, 0.29) is 17.8 Å². The zero-order valence-corrected chi connectivity index (χ0v) is 18.0. The summed E-state index contributed by atoms with van der Waals surface area (Å²) in [5, 5.41) is 8.27. The summed E-state index contributed by atoms with van der Waals surface area (Å²) in [5.41, 5.74) is 3.60. The van der Waals surface area contributed by atoms with Crippen LogP contribution in [0.1, 0.15) is 47.1 Å². The van der Waals surface area contributed by atoms with Gasteiger partial charge in [0.05, 0.1) is 0 Å². The molecule has 6 nitrogen and oxygen atoms in total. The number of hydrogen-bond acceptors (Lipinski definition) is 4. The Kier molecular flexibility index (Phi) is 6.49. The largest absolute Gasteiger partial charge is 0.335 e. The normalized spacial score (nSPS) is 19.7. The summed E-state index contributed by atoms with van der Waals surface area (Å²) in [6.45, 7) is 6.77. The number of likely N-dealkylation sites (N-methyl/N-ethyl adjacent to an activating group) is 1. The van der Waals surface area contributed by atoms with E-state index < -0.39 is 0 Å². The molecule has 1 fully saturated rings. The first-order valence-corrected chi connectivity index (χ1v) is 11.1. The second-order valence-electron chi connectivity index (χ2n) is 8.50. The minimum absolute atomic E-state index is 0.0592. The first-order valence-electron chi connectivity index (χ1n) is 11.1. The van der Waals surface area contributed by atoms with Gasteiger partial charge in [0.1, 0.15) is 5.82 Å². The summed E-state index contributed by atoms with van der Waals surface area (Å²) >= 11 is 0. The zero-order valence-electron chi connectivity index (χ0n) is 18.0. The lowest BCUT2D eigenvalue weighted by molar-refractivity contribution is 0.0656. The number of fused-ring (bicyclic) bond motifs is 1. The lowest BCUT2D eigenvalue weighted by Crippen LogP contribution is -2.47. The van der Waals surface area contributed by atoms with E-state index in [0.717, 1.165) is 64.0 Å². The Balaban J connectivity index is 1.51. The highest BCUT2D eigenvalue weighted by molar-refractivity contribution is 5.94. The molecule has 4 rings (SSSR count). The zero-order chi connectivity index (χ0) is 21.1. The Morgan fingerprint density at radius 1 is 1.23 bits per heavy atom. The molecule has 1 aliphatic heterocycles. The van der Waals surface area contributed by atoms with Crippen LogP contribution in [0.15, 0.2) is 24.3 Å². The summed E-state index contributed by atoms with van der Waals surface area (Å²) in [5.74, 6) is -0.118. The van der Waals surface area contributed by atoms with Crippen molar-refractivity contribution in [2.24, 2.45) is 0 Å². The maximum absolute atomic E-state index is 14.0. The number of aromatic nitrogens is 2. The van der Waals surface area contributed by atoms with Gasteiger partial charge in [0.2, 0.25) is 0 Å². The van der Waals surface area contributed by atoms with E-state index in [9.17, 15) is 9.18 Å². The SMILES string of the molecule is CCCn1nc(C(=O)N2CCN(C)CC2)c2c1CC[C@@H](NCc1ccccc1F)C2. The molecule has 0 unspecified atom stereocenters. The number of hydrogen-bond donors (Lipinski definition) is 1. The molecule has 1 aromatic heterocycles. The number of piperazine rings is 1. The third-order valence-electron chi connectivity index (χ3n) is 6.31. The second-order valence-corrected chi connectivity index (χ2v) is 8.50. The summed E-state index contributed by atoms with van der Waals surface area (Å²) in [4.78, 5) is 17.5. The highest BCUT2D eigenvalue weighted by Gasteiger charge is 2.31. The van der Waals surface area contributed by atoms with Gasteiger partial charge in [-0.2, -0.15) is 5.10 Å². The molecule has 1 atom stereocenters. The number of carbonyl (C=O) groups excluding carboxylic acids is 1. The average Bonchev–Trinajstić information content (AvgIpc) is 3.11. The Bertz CT molecular complexity index is 888. The Morgan fingerprint density at radius 2 is 2.00 bits per heavy atom. The Hall–Kier alpha value is -2.25. The van der Waals surface area contributed by atoms with Crippen LogP contribution in [0.2, 0.25) is 0 Å². The molecular weight excluding hydrogens is 381 g/mol. The van der Waals surface area contributed by atoms with Gasteiger partial charge in [-0.25, -0.2) is 4.39 Å². The van der Waals surface area contributed by atoms with Crippen molar-refractivity contribution in [2.45, 2.75) is 51.7 Å². The molecule has 0 spiro atoms. The van der Waals surface area contributed by atoms with E-state index in [1.807, 2.05) is 21.7 Å². The van der Waals surface area contributed by atoms with Crippen LogP contribution in [-0.2, 0) is 25.9 Å². The number of rotatable bonds is 6. The smallest absolute Gasteiger partial charge is 0.274 e. The number of aryl methyl sites for hydroxylation is 1. The van der Waals surface area contributed by atoms with Crippen molar-refractivity contribution in [1.82, 2.24) is 24.9 Å². The van der Waals surface area contributed by atoms with Crippen molar-refractivity contribution in [3.63, 3.8) is 0 Å². The molecule has 0 bridgehead atoms. The minimum Gasteiger partial charge on any atom is -0.335 e. The lowest BCUT2D eigenvalue weighted by atomic mass is 9.90. The van der Waals surface area contributed by atoms with E-state index in [1.54, 1.807) is 6.07 Å². The van der Waals surface area contributed by atoms with Crippen LogP contribution in [0.4, 0.5) is 4.39 Å². The summed E-state index contributed by atoms with van der Waals surface area (Å²) in [6.07, 6.45) is 3.62. The molecule has 30 heavy (non-hydrogen) atoms. The molecule has 1 N–H and O–H groups in total. The van der Waals surface area contributed by atoms with Crippen molar-refractivity contribution in [3.05, 3.63) is 52.6 Å². The molecule has 0 radical (unpaired) electrons. The fraction of sp³-hybridized carbons (Fsp3) is 0.565. The fourth-order valence-corrected chi connectivity index (χ4v) is 4.49. The molecule has 162 valence electrons. The standard InChI is InChI=1S/C23H32FN5O/c1-3-10-29-21-9-8-18(25-16-17-6-4-5-7-20(17)24)15-19(21)22(26-29)23(30)28-13-11-27(2)12-14-28/h4-7,18,25H,3,8-16H2,1-2H3/t18-/m1/s1. The molecule has 1 aliphatic carbocycles. The van der Waals surface area contributed by atoms with Crippen LogP contribution in [0.3, 0.4) is 0 Å². The first kappa shape index (κ1) is 21.0. The Morgan fingerprint density at radius 3 is 2.73 bits per heavy atom. The van der Waals surface area contributed by atoms with Gasteiger partial charge in [-0.1, -0.05) is 25.1 Å². The average molecular weight is 414 g/mol. The van der Waals surface area contributed by atoms with E-state index in [0.29, 0.717) is 17.8 Å². The maximum Gasteiger partial charge on any atom is 0.274 e. The van der Waals surface area contributed by atoms with Crippen LogP contribution in [-0.4, -0.2) is 64.8 Å². The number of benzene rings is 1. The van der Waals surface area contributed by atoms with Gasteiger partial charge in [-0.05, 0) is 38.8 Å². The van der Waals surface area contributed by atoms with Crippen molar-refractivity contribution in [3.8, 4) is 0 Å². The second kappa shape index (κ2) is 9.27. The molecule has 0 saturated carbocycles. The van der Waals surface area contributed by atoms with Gasteiger partial charge in [-0.15, -0.1) is 0 Å². The highest BCUT2D eigenvalue weighted by Crippen LogP contribution is 2.27. The van der Waals surface area contributed by atoms with E-state index in [1.165, 1.54) is 11.8 Å². The molecule has 1 amide bonds. The van der Waals surface area contributed by atoms with Gasteiger partial charge >= 0.3 is 0 Å². The van der Waals surface area contributed by atoms with E-state index >= 15 is 0 Å². The van der Waals surface area contributed by atoms with Crippen LogP contribution in [0.5, 0.6) is 0 Å². The number of carbonyl (C=O) groups is 1. The summed E-state index contributed by atoms with van der Waals surface area (Å²) in [7, 11) is 2.09. The third kappa shape index (κ3) is 4.42. The topological polar surface area (TPSA) is 53.4 Å². The fourth-order valence-electron chi connectivity index (χ4n) is 4.49. The summed E-state index contributed by atoms with van der Waals surface area (Å²) in [6, 6.07) is 7.11. The van der Waals surface area contributed by atoms with Gasteiger partial charge in [0.25, 0.3) is 5.91 Å². The Labute approximate surface area is 178 Å². The van der Waals surface area contributed by atoms with Crippen molar-refractivity contribution < 1.29 is 9.18 Å². The molecule has 2 aliphatic rings. The molecule has 2 aromatic rings. The quantitative estimate of drug-likeness (QED) is 0.791. The van der Waals surface area contributed by atoms with Gasteiger partial charge in [-0.3, -0.25) is 9.48 Å². The van der Waals surface area contributed by atoms with Gasteiger partial charge in [0, 0.05) is 62.1 Å². The minimum atomic E-state index is -0.178. The highest BCUT2D eigenvalue weighted by atomic mass is 19.1. The molecule has 1 aromatic carbocycles. The maximum atomic E-state index is 14.0. The van der Waals surface area contributed by atoms with Crippen molar-refractivity contribution in [1.29, 1.82) is 0 Å². The van der Waals surface area contributed by atoms with Crippen LogP contribution < -0.4 is 5.32 Å². The number of halogens is 1. The number of nitrogens with zero attached hydrogens (tertiary/aromatic N) is 4. The first-order chi connectivity index (χ1) is 14.6.